The third-order valence-electron chi connectivity index (χ3n) is 6.21. The molecule has 34 heavy (non-hydrogen) atoms. The Kier molecular flexibility index (Phi) is 8.22. The van der Waals surface area contributed by atoms with E-state index in [1.807, 2.05) is 42.2 Å². The van der Waals surface area contributed by atoms with Crippen molar-refractivity contribution in [2.75, 3.05) is 24.3 Å². The molecule has 1 atom stereocenters. The van der Waals surface area contributed by atoms with Crippen LogP contribution in [0.5, 0.6) is 5.75 Å². The Morgan fingerprint density at radius 2 is 1.94 bits per heavy atom. The van der Waals surface area contributed by atoms with Crippen molar-refractivity contribution in [3.63, 3.8) is 0 Å². The smallest absolute Gasteiger partial charge is 0.370 e. The topological polar surface area (TPSA) is 79.2 Å². The number of para-hydroxylation sites is 1. The summed E-state index contributed by atoms with van der Waals surface area (Å²) in [6.07, 6.45) is 3.81. The summed E-state index contributed by atoms with van der Waals surface area (Å²) in [7, 11) is -2.36. The Morgan fingerprint density at radius 3 is 2.56 bits per heavy atom. The van der Waals surface area contributed by atoms with Crippen LogP contribution in [0.25, 0.3) is 0 Å². The summed E-state index contributed by atoms with van der Waals surface area (Å²) < 4.78 is 60.8. The van der Waals surface area contributed by atoms with Gasteiger partial charge in [0.05, 0.1) is 17.7 Å². The summed E-state index contributed by atoms with van der Waals surface area (Å²) in [6.45, 7) is 4.59. The number of ether oxygens (including phenoxy) is 2. The van der Waals surface area contributed by atoms with Crippen molar-refractivity contribution in [2.45, 2.75) is 44.4 Å². The summed E-state index contributed by atoms with van der Waals surface area (Å²) in [6, 6.07) is 11.7. The molecule has 0 fully saturated rings. The lowest BCUT2D eigenvalue weighted by Crippen LogP contribution is -2.37. The van der Waals surface area contributed by atoms with Crippen LogP contribution in [0.3, 0.4) is 0 Å². The highest BCUT2D eigenvalue weighted by atomic mass is 32.3. The second-order valence-corrected chi connectivity index (χ2v) is 10.6. The molecule has 0 spiro atoms. The molecule has 9 heteroatoms. The summed E-state index contributed by atoms with van der Waals surface area (Å²) in [5.41, 5.74) is 0.693. The minimum absolute atomic E-state index is 0.115. The van der Waals surface area contributed by atoms with E-state index in [1.54, 1.807) is 0 Å². The van der Waals surface area contributed by atoms with Gasteiger partial charge in [-0.25, -0.2) is 9.18 Å². The molecule has 1 unspecified atom stereocenters. The number of nitrogens with zero attached hydrogens (tertiary/aromatic N) is 1. The molecule has 0 aliphatic carbocycles. The van der Waals surface area contributed by atoms with Crippen molar-refractivity contribution in [1.82, 2.24) is 0 Å². The molecule has 0 saturated heterocycles. The van der Waals surface area contributed by atoms with Gasteiger partial charge in [0.15, 0.2) is 11.6 Å². The Labute approximate surface area is 200 Å². The number of methoxy groups -OCH3 is 1. The number of carbonyl (C=O) groups is 1. The van der Waals surface area contributed by atoms with Crippen LogP contribution in [0.2, 0.25) is 0 Å². The maximum atomic E-state index is 15.1. The second kappa shape index (κ2) is 10.8. The van der Waals surface area contributed by atoms with Crippen molar-refractivity contribution in [1.29, 1.82) is 0 Å². The summed E-state index contributed by atoms with van der Waals surface area (Å²) in [5.74, 6) is -3.76. The monoisotopic (exact) mass is 495 g/mol. The van der Waals surface area contributed by atoms with Gasteiger partial charge in [0.2, 0.25) is 5.83 Å². The van der Waals surface area contributed by atoms with Gasteiger partial charge in [-0.1, -0.05) is 44.9 Å². The maximum Gasteiger partial charge on any atom is 0.370 e. The van der Waals surface area contributed by atoms with Crippen molar-refractivity contribution < 1.29 is 32.2 Å². The molecule has 6 nitrogen and oxygen atoms in total. The van der Waals surface area contributed by atoms with E-state index in [4.69, 9.17) is 4.74 Å². The molecule has 186 valence electrons. The Balaban J connectivity index is 2.15. The molecule has 1 heterocycles. The zero-order valence-electron chi connectivity index (χ0n) is 19.6. The maximum absolute atomic E-state index is 15.1. The van der Waals surface area contributed by atoms with E-state index in [9.17, 15) is 18.3 Å². The quantitative estimate of drug-likeness (QED) is 0.232. The van der Waals surface area contributed by atoms with Gasteiger partial charge in [-0.15, -0.1) is 0 Å². The molecule has 0 bridgehead atoms. The van der Waals surface area contributed by atoms with Crippen LogP contribution in [0.4, 0.5) is 20.2 Å². The molecule has 1 aliphatic heterocycles. The van der Waals surface area contributed by atoms with E-state index in [0.717, 1.165) is 32.1 Å². The number of fused-ring (bicyclic) bond motifs is 1. The van der Waals surface area contributed by atoms with Crippen LogP contribution in [0.1, 0.15) is 39.5 Å². The highest BCUT2D eigenvalue weighted by Gasteiger charge is 2.42. The standard InChI is InChI=1S/C25H31F2NO5S/c1-4-6-12-25(5-2)16-28(18-10-8-7-9-11-18)21-13-19(26)22(14-23(21)34(30,31)17-25)33-15-20(27)24(29)32-3/h7-11,13-15,30-31H,4-6,12,16-17H2,1-3H3/b20-15-. The minimum atomic E-state index is -3.36. The molecule has 2 aromatic rings. The van der Waals surface area contributed by atoms with Crippen LogP contribution < -0.4 is 9.64 Å². The van der Waals surface area contributed by atoms with Crippen LogP contribution in [0, 0.1) is 11.2 Å². The van der Waals surface area contributed by atoms with Gasteiger partial charge in [0.25, 0.3) is 0 Å². The zero-order valence-corrected chi connectivity index (χ0v) is 20.4. The lowest BCUT2D eigenvalue weighted by atomic mass is 9.81. The van der Waals surface area contributed by atoms with Crippen LogP contribution in [-0.4, -0.2) is 34.5 Å². The van der Waals surface area contributed by atoms with E-state index < -0.39 is 39.4 Å². The Hall–Kier alpha value is -2.62. The third-order valence-corrected chi connectivity index (χ3v) is 8.25. The first kappa shape index (κ1) is 26.0. The molecular formula is C25H31F2NO5S. The Morgan fingerprint density at radius 1 is 1.24 bits per heavy atom. The van der Waals surface area contributed by atoms with Crippen molar-refractivity contribution in [3.05, 3.63) is 60.4 Å². The zero-order chi connectivity index (χ0) is 24.9. The van der Waals surface area contributed by atoms with E-state index >= 15 is 4.39 Å². The van der Waals surface area contributed by atoms with Gasteiger partial charge in [-0.3, -0.25) is 9.11 Å². The Bertz CT molecular complexity index is 1050. The molecule has 0 saturated carbocycles. The number of benzene rings is 2. The highest BCUT2D eigenvalue weighted by Crippen LogP contribution is 2.61. The third kappa shape index (κ3) is 5.54. The second-order valence-electron chi connectivity index (χ2n) is 8.52. The first-order valence-corrected chi connectivity index (χ1v) is 12.9. The molecule has 1 aliphatic rings. The first-order valence-electron chi connectivity index (χ1n) is 11.2. The molecule has 2 N–H and O–H groups in total. The van der Waals surface area contributed by atoms with Crippen LogP contribution >= 0.6 is 10.6 Å². The predicted octanol–water partition coefficient (Wildman–Crippen LogP) is 7.04. The van der Waals surface area contributed by atoms with E-state index in [0.29, 0.717) is 24.9 Å². The van der Waals surface area contributed by atoms with Gasteiger partial charge >= 0.3 is 5.97 Å². The molecule has 0 amide bonds. The summed E-state index contributed by atoms with van der Waals surface area (Å²) >= 11 is 0. The van der Waals surface area contributed by atoms with Gasteiger partial charge in [-0.05, 0) is 25.0 Å². The van der Waals surface area contributed by atoms with Gasteiger partial charge in [-0.2, -0.15) is 15.0 Å². The number of esters is 1. The average molecular weight is 496 g/mol. The van der Waals surface area contributed by atoms with Crippen molar-refractivity contribution in [3.8, 4) is 5.75 Å². The number of carbonyl (C=O) groups excluding carboxylic acids is 1. The van der Waals surface area contributed by atoms with Gasteiger partial charge in [0, 0.05) is 35.5 Å². The number of rotatable bonds is 8. The number of anilines is 2. The number of hydrogen-bond donors (Lipinski definition) is 2. The molecular weight excluding hydrogens is 464 g/mol. The number of unbranched alkanes of at least 4 members (excludes halogenated alkanes) is 1. The lowest BCUT2D eigenvalue weighted by molar-refractivity contribution is -0.137. The normalized spacial score (nSPS) is 20.8. The molecule has 2 aromatic carbocycles. The van der Waals surface area contributed by atoms with E-state index in [1.165, 1.54) is 12.1 Å². The largest absolute Gasteiger partial charge is 0.464 e. The highest BCUT2D eigenvalue weighted by molar-refractivity contribution is 8.24. The lowest BCUT2D eigenvalue weighted by Gasteiger charge is -2.41. The van der Waals surface area contributed by atoms with Crippen molar-refractivity contribution in [2.24, 2.45) is 5.41 Å². The van der Waals surface area contributed by atoms with Crippen molar-refractivity contribution >= 4 is 27.9 Å². The minimum Gasteiger partial charge on any atom is -0.464 e. The predicted molar refractivity (Wildman–Crippen MR) is 130 cm³/mol. The van der Waals surface area contributed by atoms with E-state index in [2.05, 4.69) is 11.7 Å². The molecule has 3 rings (SSSR count). The first-order chi connectivity index (χ1) is 16.2. The summed E-state index contributed by atoms with van der Waals surface area (Å²) in [5, 5.41) is 0. The average Bonchev–Trinajstić information content (AvgIpc) is 2.93. The SMILES string of the molecule is CCCCC1(CC)CN(c2ccccc2)c2cc(F)c(O/C=C(\F)C(=O)OC)cc2S(O)(O)C1. The van der Waals surface area contributed by atoms with Gasteiger partial charge < -0.3 is 14.4 Å². The fraction of sp³-hybridized carbons (Fsp3) is 0.400. The number of hydrogen-bond acceptors (Lipinski definition) is 6. The fourth-order valence-corrected chi connectivity index (χ4v) is 6.50. The number of halogens is 2. The van der Waals surface area contributed by atoms with Crippen LogP contribution in [0.15, 0.2) is 59.4 Å². The molecule has 0 radical (unpaired) electrons. The van der Waals surface area contributed by atoms with Crippen LogP contribution in [-0.2, 0) is 9.53 Å². The molecule has 0 aromatic heterocycles. The summed E-state index contributed by atoms with van der Waals surface area (Å²) in [4.78, 5) is 13.3. The fourth-order valence-electron chi connectivity index (χ4n) is 4.25. The van der Waals surface area contributed by atoms with Gasteiger partial charge in [0.1, 0.15) is 6.26 Å². The van der Waals surface area contributed by atoms with E-state index in [-0.39, 0.29) is 10.6 Å².